The number of nitrogens with one attached hydrogen (secondary N) is 2. The number of rotatable bonds is 5. The van der Waals surface area contributed by atoms with Gasteiger partial charge >= 0.3 is 0 Å². The zero-order valence-corrected chi connectivity index (χ0v) is 19.4. The predicted octanol–water partition coefficient (Wildman–Crippen LogP) is 2.96. The summed E-state index contributed by atoms with van der Waals surface area (Å²) in [5.41, 5.74) is 1.77. The fourth-order valence-corrected chi connectivity index (χ4v) is 6.24. The highest BCUT2D eigenvalue weighted by molar-refractivity contribution is 5.95. The number of imidazole rings is 1. The van der Waals surface area contributed by atoms with Gasteiger partial charge in [0.2, 0.25) is 0 Å². The summed E-state index contributed by atoms with van der Waals surface area (Å²) >= 11 is 0. The van der Waals surface area contributed by atoms with Crippen molar-refractivity contribution < 1.29 is 9.59 Å². The molecule has 0 spiro atoms. The first-order valence-electron chi connectivity index (χ1n) is 12.2. The van der Waals surface area contributed by atoms with E-state index in [0.29, 0.717) is 30.1 Å². The number of aromatic nitrogens is 2. The number of hydrogen-bond acceptors (Lipinski definition) is 4. The second kappa shape index (κ2) is 8.18. The molecule has 3 saturated carbocycles. The molecule has 32 heavy (non-hydrogen) atoms. The number of amides is 2. The van der Waals surface area contributed by atoms with E-state index >= 15 is 0 Å². The summed E-state index contributed by atoms with van der Waals surface area (Å²) in [5.74, 6) is 2.32. The Labute approximate surface area is 190 Å². The van der Waals surface area contributed by atoms with Crippen LogP contribution in [0.2, 0.25) is 0 Å². The van der Waals surface area contributed by atoms with Crippen LogP contribution >= 0.6 is 0 Å². The maximum atomic E-state index is 13.2. The van der Waals surface area contributed by atoms with Gasteiger partial charge in [0.15, 0.2) is 0 Å². The Morgan fingerprint density at radius 3 is 2.72 bits per heavy atom. The van der Waals surface area contributed by atoms with E-state index in [0.717, 1.165) is 37.3 Å². The first-order valence-corrected chi connectivity index (χ1v) is 12.2. The quantitative estimate of drug-likeness (QED) is 0.754. The SMILES string of the molecule is CCC1(CNC(=O)c2cccc3nc(C(=O)N4CCN[C@H](C)C4)cn23)CC2CC(C1)C2C. The second-order valence-electron chi connectivity index (χ2n) is 10.4. The van der Waals surface area contributed by atoms with E-state index in [1.807, 2.05) is 23.1 Å². The molecule has 2 bridgehead atoms. The largest absolute Gasteiger partial charge is 0.350 e. The van der Waals surface area contributed by atoms with Gasteiger partial charge < -0.3 is 15.5 Å². The molecule has 3 atom stereocenters. The summed E-state index contributed by atoms with van der Waals surface area (Å²) in [6.45, 7) is 9.56. The highest BCUT2D eigenvalue weighted by Crippen LogP contribution is 2.58. The molecule has 4 fully saturated rings. The molecule has 3 aliphatic carbocycles. The maximum Gasteiger partial charge on any atom is 0.274 e. The Morgan fingerprint density at radius 2 is 2.03 bits per heavy atom. The Morgan fingerprint density at radius 1 is 1.25 bits per heavy atom. The topological polar surface area (TPSA) is 78.7 Å². The Bertz CT molecular complexity index is 1020. The van der Waals surface area contributed by atoms with Gasteiger partial charge in [-0.2, -0.15) is 0 Å². The lowest BCUT2D eigenvalue weighted by Gasteiger charge is -2.56. The number of carbonyl (C=O) groups excluding carboxylic acids is 2. The van der Waals surface area contributed by atoms with Crippen LogP contribution in [0.15, 0.2) is 24.4 Å². The second-order valence-corrected chi connectivity index (χ2v) is 10.4. The number of nitrogens with zero attached hydrogens (tertiary/aromatic N) is 3. The minimum atomic E-state index is -0.0945. The smallest absolute Gasteiger partial charge is 0.274 e. The molecule has 2 N–H and O–H groups in total. The normalized spacial score (nSPS) is 31.9. The molecule has 2 unspecified atom stereocenters. The number of piperazine rings is 1. The van der Waals surface area contributed by atoms with E-state index in [-0.39, 0.29) is 23.3 Å². The van der Waals surface area contributed by atoms with Crippen molar-refractivity contribution in [3.63, 3.8) is 0 Å². The predicted molar refractivity (Wildman–Crippen MR) is 124 cm³/mol. The molecule has 3 heterocycles. The van der Waals surface area contributed by atoms with Crippen LogP contribution in [0.25, 0.3) is 5.65 Å². The molecule has 0 aromatic carbocycles. The number of carbonyl (C=O) groups is 2. The first-order chi connectivity index (χ1) is 15.4. The van der Waals surface area contributed by atoms with Gasteiger partial charge in [0.05, 0.1) is 0 Å². The van der Waals surface area contributed by atoms with E-state index in [4.69, 9.17) is 0 Å². The minimum absolute atomic E-state index is 0.0751. The molecule has 4 aliphatic rings. The molecule has 1 aliphatic heterocycles. The van der Waals surface area contributed by atoms with Crippen molar-refractivity contribution in [3.05, 3.63) is 35.8 Å². The minimum Gasteiger partial charge on any atom is -0.350 e. The molecule has 7 heteroatoms. The van der Waals surface area contributed by atoms with Gasteiger partial charge in [-0.1, -0.05) is 19.9 Å². The number of hydrogen-bond donors (Lipinski definition) is 2. The van der Waals surface area contributed by atoms with Crippen LogP contribution in [0, 0.1) is 23.2 Å². The van der Waals surface area contributed by atoms with Crippen LogP contribution in [0.5, 0.6) is 0 Å². The van der Waals surface area contributed by atoms with Crippen LogP contribution in [0.3, 0.4) is 0 Å². The molecular formula is C25H35N5O2. The average Bonchev–Trinajstić information content (AvgIpc) is 3.26. The summed E-state index contributed by atoms with van der Waals surface area (Å²) in [6, 6.07) is 5.76. The fraction of sp³-hybridized carbons (Fsp3) is 0.640. The van der Waals surface area contributed by atoms with E-state index in [2.05, 4.69) is 36.4 Å². The van der Waals surface area contributed by atoms with Crippen molar-refractivity contribution in [2.24, 2.45) is 23.2 Å². The molecule has 7 nitrogen and oxygen atoms in total. The van der Waals surface area contributed by atoms with Crippen molar-refractivity contribution in [1.29, 1.82) is 0 Å². The highest BCUT2D eigenvalue weighted by atomic mass is 16.2. The van der Waals surface area contributed by atoms with E-state index in [1.165, 1.54) is 19.3 Å². The summed E-state index contributed by atoms with van der Waals surface area (Å²) in [6.07, 6.45) is 6.63. The van der Waals surface area contributed by atoms with Crippen molar-refractivity contribution in [3.8, 4) is 0 Å². The van der Waals surface area contributed by atoms with Crippen molar-refractivity contribution in [1.82, 2.24) is 24.9 Å². The third-order valence-corrected chi connectivity index (χ3v) is 8.46. The molecule has 2 amide bonds. The van der Waals surface area contributed by atoms with E-state index < -0.39 is 0 Å². The lowest BCUT2D eigenvalue weighted by Crippen LogP contribution is -2.51. The molecule has 1 saturated heterocycles. The van der Waals surface area contributed by atoms with Crippen LogP contribution in [0.1, 0.15) is 67.4 Å². The summed E-state index contributed by atoms with van der Waals surface area (Å²) < 4.78 is 1.76. The fourth-order valence-electron chi connectivity index (χ4n) is 6.24. The zero-order valence-electron chi connectivity index (χ0n) is 19.4. The Kier molecular flexibility index (Phi) is 5.48. The third kappa shape index (κ3) is 3.70. The molecular weight excluding hydrogens is 402 g/mol. The summed E-state index contributed by atoms with van der Waals surface area (Å²) in [4.78, 5) is 32.5. The number of fused-ring (bicyclic) bond motifs is 3. The Balaban J connectivity index is 1.32. The lowest BCUT2D eigenvalue weighted by molar-refractivity contribution is -0.0592. The van der Waals surface area contributed by atoms with Crippen molar-refractivity contribution in [2.45, 2.75) is 52.5 Å². The van der Waals surface area contributed by atoms with Gasteiger partial charge in [0.25, 0.3) is 11.8 Å². The van der Waals surface area contributed by atoms with Crippen LogP contribution in [-0.2, 0) is 0 Å². The summed E-state index contributed by atoms with van der Waals surface area (Å²) in [5, 5.41) is 6.58. The summed E-state index contributed by atoms with van der Waals surface area (Å²) in [7, 11) is 0. The Hall–Kier alpha value is -2.41. The van der Waals surface area contributed by atoms with Gasteiger partial charge in [0.1, 0.15) is 17.0 Å². The van der Waals surface area contributed by atoms with Gasteiger partial charge in [0, 0.05) is 38.4 Å². The van der Waals surface area contributed by atoms with Crippen molar-refractivity contribution >= 4 is 17.5 Å². The molecule has 2 aromatic rings. The van der Waals surface area contributed by atoms with Crippen LogP contribution < -0.4 is 10.6 Å². The lowest BCUT2D eigenvalue weighted by atomic mass is 9.49. The number of pyridine rings is 1. The van der Waals surface area contributed by atoms with E-state index in [1.54, 1.807) is 10.6 Å². The molecule has 172 valence electrons. The zero-order chi connectivity index (χ0) is 22.5. The van der Waals surface area contributed by atoms with Gasteiger partial charge in [-0.3, -0.25) is 14.0 Å². The maximum absolute atomic E-state index is 13.2. The van der Waals surface area contributed by atoms with Crippen LogP contribution in [-0.4, -0.2) is 58.3 Å². The van der Waals surface area contributed by atoms with Gasteiger partial charge in [-0.25, -0.2) is 4.98 Å². The molecule has 2 aromatic heterocycles. The van der Waals surface area contributed by atoms with Crippen LogP contribution in [0.4, 0.5) is 0 Å². The molecule has 6 rings (SSSR count). The van der Waals surface area contributed by atoms with Gasteiger partial charge in [-0.15, -0.1) is 0 Å². The standard InChI is InChI=1S/C25H35N5O2/c1-4-25(11-18-10-19(12-25)17(18)3)15-27-23(31)21-6-5-7-22-28-20(14-30(21)22)24(32)29-9-8-26-16(2)13-29/h5-7,14,16-19,26H,4,8-13,15H2,1-3H3,(H,27,31)/t16-,17?,18?,19?,25?/m1/s1. The third-order valence-electron chi connectivity index (χ3n) is 8.46. The van der Waals surface area contributed by atoms with Crippen molar-refractivity contribution in [2.75, 3.05) is 26.2 Å². The monoisotopic (exact) mass is 437 g/mol. The first kappa shape index (κ1) is 21.4. The highest BCUT2D eigenvalue weighted by Gasteiger charge is 2.50. The average molecular weight is 438 g/mol. The van der Waals surface area contributed by atoms with Gasteiger partial charge in [-0.05, 0) is 67.9 Å². The van der Waals surface area contributed by atoms with E-state index in [9.17, 15) is 9.59 Å². The molecule has 0 radical (unpaired) electrons.